The first-order chi connectivity index (χ1) is 7.22. The van der Waals surface area contributed by atoms with Gasteiger partial charge in [-0.2, -0.15) is 0 Å². The Morgan fingerprint density at radius 2 is 2.40 bits per heavy atom. The van der Waals surface area contributed by atoms with Crippen molar-refractivity contribution < 1.29 is 14.6 Å². The molecule has 1 aliphatic heterocycles. The molecular formula is C11H11NO3. The molecule has 0 saturated heterocycles. The summed E-state index contributed by atoms with van der Waals surface area (Å²) < 4.78 is 5.17. The number of carboxylic acid groups (broad SMARTS) is 1. The first kappa shape index (κ1) is 9.71. The zero-order valence-corrected chi connectivity index (χ0v) is 8.30. The molecule has 78 valence electrons. The number of aliphatic carboxylic acids is 1. The Bertz CT molecular complexity index is 426. The van der Waals surface area contributed by atoms with Gasteiger partial charge in [0.25, 0.3) is 0 Å². The number of rotatable bonds is 2. The normalized spacial score (nSPS) is 18.3. The number of aliphatic imine (C=N–C) groups is 1. The van der Waals surface area contributed by atoms with E-state index >= 15 is 0 Å². The number of ether oxygens (including phenoxy) is 1. The fraction of sp³-hybridized carbons (Fsp3) is 0.273. The highest BCUT2D eigenvalue weighted by Gasteiger charge is 2.22. The monoisotopic (exact) mass is 205 g/mol. The Hall–Kier alpha value is -1.84. The van der Waals surface area contributed by atoms with Crippen LogP contribution >= 0.6 is 0 Å². The third kappa shape index (κ3) is 1.70. The van der Waals surface area contributed by atoms with Gasteiger partial charge in [0.2, 0.25) is 0 Å². The average Bonchev–Trinajstić information content (AvgIpc) is 2.27. The van der Waals surface area contributed by atoms with Gasteiger partial charge < -0.3 is 9.84 Å². The van der Waals surface area contributed by atoms with Crippen molar-refractivity contribution in [1.29, 1.82) is 0 Å². The minimum atomic E-state index is -0.889. The van der Waals surface area contributed by atoms with Crippen molar-refractivity contribution in [3.63, 3.8) is 0 Å². The van der Waals surface area contributed by atoms with Gasteiger partial charge in [0.05, 0.1) is 7.11 Å². The summed E-state index contributed by atoms with van der Waals surface area (Å²) in [6.45, 7) is 0. The SMILES string of the molecule is COc1cccc2c1C=NC(C(=O)O)C2. The van der Waals surface area contributed by atoms with Crippen molar-refractivity contribution in [3.05, 3.63) is 29.3 Å². The van der Waals surface area contributed by atoms with Gasteiger partial charge in [-0.3, -0.25) is 4.99 Å². The molecule has 1 atom stereocenters. The molecule has 0 bridgehead atoms. The molecule has 1 N–H and O–H groups in total. The van der Waals surface area contributed by atoms with Crippen LogP contribution in [-0.4, -0.2) is 30.4 Å². The molecule has 1 unspecified atom stereocenters. The van der Waals surface area contributed by atoms with Crippen LogP contribution in [0.1, 0.15) is 11.1 Å². The lowest BCUT2D eigenvalue weighted by Crippen LogP contribution is -2.24. The zero-order chi connectivity index (χ0) is 10.8. The maximum Gasteiger partial charge on any atom is 0.328 e. The number of hydrogen-bond acceptors (Lipinski definition) is 3. The van der Waals surface area contributed by atoms with E-state index in [4.69, 9.17) is 9.84 Å². The number of hydrogen-bond donors (Lipinski definition) is 1. The third-order valence-corrected chi connectivity index (χ3v) is 2.46. The quantitative estimate of drug-likeness (QED) is 0.787. The Balaban J connectivity index is 2.40. The van der Waals surface area contributed by atoms with E-state index in [0.29, 0.717) is 6.42 Å². The summed E-state index contributed by atoms with van der Waals surface area (Å²) >= 11 is 0. The maximum atomic E-state index is 10.8. The fourth-order valence-corrected chi connectivity index (χ4v) is 1.67. The average molecular weight is 205 g/mol. The molecule has 2 rings (SSSR count). The first-order valence-corrected chi connectivity index (χ1v) is 4.64. The standard InChI is InChI=1S/C11H11NO3/c1-15-10-4-2-3-7-5-9(11(13)14)12-6-8(7)10/h2-4,6,9H,5H2,1H3,(H,13,14). The Kier molecular flexibility index (Phi) is 2.41. The molecule has 4 nitrogen and oxygen atoms in total. The van der Waals surface area contributed by atoms with Crippen LogP contribution in [0, 0.1) is 0 Å². The molecule has 0 amide bonds. The van der Waals surface area contributed by atoms with E-state index in [0.717, 1.165) is 16.9 Å². The molecular weight excluding hydrogens is 194 g/mol. The first-order valence-electron chi connectivity index (χ1n) is 4.64. The van der Waals surface area contributed by atoms with Crippen LogP contribution in [0.3, 0.4) is 0 Å². The second kappa shape index (κ2) is 3.73. The number of carboxylic acids is 1. The number of fused-ring (bicyclic) bond motifs is 1. The molecule has 15 heavy (non-hydrogen) atoms. The summed E-state index contributed by atoms with van der Waals surface area (Å²) in [7, 11) is 1.59. The van der Waals surface area contributed by atoms with Gasteiger partial charge in [-0.05, 0) is 11.6 Å². The highest BCUT2D eigenvalue weighted by atomic mass is 16.5. The Morgan fingerprint density at radius 3 is 3.07 bits per heavy atom. The minimum absolute atomic E-state index is 0.429. The van der Waals surface area contributed by atoms with E-state index in [9.17, 15) is 4.79 Å². The van der Waals surface area contributed by atoms with E-state index in [2.05, 4.69) is 4.99 Å². The fourth-order valence-electron chi connectivity index (χ4n) is 1.67. The van der Waals surface area contributed by atoms with Crippen molar-refractivity contribution in [2.75, 3.05) is 7.11 Å². The molecule has 0 spiro atoms. The maximum absolute atomic E-state index is 10.8. The van der Waals surface area contributed by atoms with Gasteiger partial charge in [-0.1, -0.05) is 12.1 Å². The lowest BCUT2D eigenvalue weighted by Gasteiger charge is -2.17. The van der Waals surface area contributed by atoms with E-state index in [1.807, 2.05) is 18.2 Å². The van der Waals surface area contributed by atoms with Gasteiger partial charge in [-0.25, -0.2) is 4.79 Å². The lowest BCUT2D eigenvalue weighted by molar-refractivity contribution is -0.138. The number of methoxy groups -OCH3 is 1. The minimum Gasteiger partial charge on any atom is -0.496 e. The second-order valence-electron chi connectivity index (χ2n) is 3.37. The smallest absolute Gasteiger partial charge is 0.328 e. The molecule has 1 aromatic rings. The van der Waals surface area contributed by atoms with Gasteiger partial charge in [0.15, 0.2) is 6.04 Å². The topological polar surface area (TPSA) is 58.9 Å². The molecule has 0 aromatic heterocycles. The van der Waals surface area contributed by atoms with Crippen LogP contribution in [0.25, 0.3) is 0 Å². The van der Waals surface area contributed by atoms with Crippen LogP contribution < -0.4 is 4.74 Å². The third-order valence-electron chi connectivity index (χ3n) is 2.46. The number of carbonyl (C=O) groups is 1. The predicted molar refractivity (Wildman–Crippen MR) is 55.7 cm³/mol. The molecule has 1 aromatic carbocycles. The van der Waals surface area contributed by atoms with Crippen LogP contribution in [0.5, 0.6) is 5.75 Å². The van der Waals surface area contributed by atoms with E-state index in [1.165, 1.54) is 0 Å². The highest BCUT2D eigenvalue weighted by Crippen LogP contribution is 2.25. The summed E-state index contributed by atoms with van der Waals surface area (Å²) in [5.74, 6) is -0.153. The highest BCUT2D eigenvalue weighted by molar-refractivity contribution is 5.90. The van der Waals surface area contributed by atoms with Crippen LogP contribution in [-0.2, 0) is 11.2 Å². The number of benzene rings is 1. The van der Waals surface area contributed by atoms with E-state index in [1.54, 1.807) is 13.3 Å². The summed E-state index contributed by atoms with van der Waals surface area (Å²) in [6.07, 6.45) is 2.01. The molecule has 0 aliphatic carbocycles. The van der Waals surface area contributed by atoms with Crippen LogP contribution in [0.2, 0.25) is 0 Å². The van der Waals surface area contributed by atoms with Crippen molar-refractivity contribution in [3.8, 4) is 5.75 Å². The lowest BCUT2D eigenvalue weighted by atomic mass is 9.97. The van der Waals surface area contributed by atoms with Crippen LogP contribution in [0.15, 0.2) is 23.2 Å². The summed E-state index contributed by atoms with van der Waals surface area (Å²) in [5.41, 5.74) is 1.86. The zero-order valence-electron chi connectivity index (χ0n) is 8.30. The van der Waals surface area contributed by atoms with Crippen molar-refractivity contribution in [2.24, 2.45) is 4.99 Å². The van der Waals surface area contributed by atoms with Crippen molar-refractivity contribution >= 4 is 12.2 Å². The van der Waals surface area contributed by atoms with Crippen molar-refractivity contribution in [1.82, 2.24) is 0 Å². The molecule has 1 aliphatic rings. The summed E-state index contributed by atoms with van der Waals surface area (Å²) in [6, 6.07) is 4.94. The van der Waals surface area contributed by atoms with Gasteiger partial charge >= 0.3 is 5.97 Å². The Labute approximate surface area is 87.2 Å². The van der Waals surface area contributed by atoms with E-state index in [-0.39, 0.29) is 0 Å². The number of nitrogens with zero attached hydrogens (tertiary/aromatic N) is 1. The summed E-state index contributed by atoms with van der Waals surface area (Å²) in [5, 5.41) is 8.85. The molecule has 4 heteroatoms. The van der Waals surface area contributed by atoms with Gasteiger partial charge in [0, 0.05) is 18.2 Å². The van der Waals surface area contributed by atoms with Crippen LogP contribution in [0.4, 0.5) is 0 Å². The largest absolute Gasteiger partial charge is 0.496 e. The second-order valence-corrected chi connectivity index (χ2v) is 3.37. The van der Waals surface area contributed by atoms with E-state index < -0.39 is 12.0 Å². The molecule has 0 fully saturated rings. The molecule has 0 saturated carbocycles. The molecule has 1 heterocycles. The molecule has 0 radical (unpaired) electrons. The summed E-state index contributed by atoms with van der Waals surface area (Å²) in [4.78, 5) is 14.7. The van der Waals surface area contributed by atoms with Gasteiger partial charge in [0.1, 0.15) is 5.75 Å². The predicted octanol–water partition coefficient (Wildman–Crippen LogP) is 1.12. The van der Waals surface area contributed by atoms with Gasteiger partial charge in [-0.15, -0.1) is 0 Å². The van der Waals surface area contributed by atoms with Crippen molar-refractivity contribution in [2.45, 2.75) is 12.5 Å². The Morgan fingerprint density at radius 1 is 1.60 bits per heavy atom.